The van der Waals surface area contributed by atoms with Gasteiger partial charge in [-0.05, 0) is 100 Å². The number of carbonyl (C=O) groups excluding carboxylic acids is 9. The molecule has 9 amide bonds. The molecule has 3 fully saturated rings. The molecule has 0 saturated carbocycles. The van der Waals surface area contributed by atoms with Gasteiger partial charge in [0.2, 0.25) is 53.2 Å². The van der Waals surface area contributed by atoms with Gasteiger partial charge in [0, 0.05) is 13.1 Å². The maximum atomic E-state index is 14.2. The van der Waals surface area contributed by atoms with E-state index in [-0.39, 0.29) is 73.9 Å². The molecule has 0 bridgehead atoms. The van der Waals surface area contributed by atoms with Crippen molar-refractivity contribution in [3.8, 4) is 0 Å². The van der Waals surface area contributed by atoms with E-state index in [0.29, 0.717) is 44.9 Å². The van der Waals surface area contributed by atoms with Gasteiger partial charge in [-0.25, -0.2) is 4.79 Å². The molecule has 3 aliphatic heterocycles. The molecular formula is C49H84N10O11. The fourth-order valence-electron chi connectivity index (χ4n) is 9.21. The van der Waals surface area contributed by atoms with Crippen LogP contribution < -0.4 is 42.5 Å². The number of rotatable bonds is 27. The Morgan fingerprint density at radius 3 is 1.46 bits per heavy atom. The van der Waals surface area contributed by atoms with Crippen LogP contribution in [0.4, 0.5) is 0 Å². The van der Waals surface area contributed by atoms with E-state index in [0.717, 1.165) is 13.0 Å². The van der Waals surface area contributed by atoms with Crippen molar-refractivity contribution in [3.63, 3.8) is 0 Å². The van der Waals surface area contributed by atoms with E-state index in [1.54, 1.807) is 13.8 Å². The molecule has 0 aliphatic carbocycles. The first-order valence-corrected chi connectivity index (χ1v) is 25.6. The Balaban J connectivity index is 1.66. The number of amides is 9. The highest BCUT2D eigenvalue weighted by molar-refractivity contribution is 5.98. The standard InChI is InChI=1S/C49H84N10O11/c1-11-31(10)41(49(69)70)57-39(60)25-51-42(62)33(21-27(2)3)53-46(66)36(24-30(8)9)56-47(67)37-16-13-20-59(37)48(68)38-17-14-19-58(38)40(61)26-52-43(63)34(22-28(4)5)54-45(65)35(23-29(6)7)55-44(64)32-15-12-18-50-32/h27-38,41,50H,11-26H2,1-10H3,(H,51,62)(H,52,63)(H,53,66)(H,54,65)(H,55,64)(H,56,67)(H,57,60)(H,69,70)/t31-,32-,33-,34-,35-,36-,37-,38-,41-/m0/s1. The van der Waals surface area contributed by atoms with Gasteiger partial charge in [0.25, 0.3) is 0 Å². The summed E-state index contributed by atoms with van der Waals surface area (Å²) in [5.74, 6) is -6.44. The van der Waals surface area contributed by atoms with Crippen LogP contribution in [0.15, 0.2) is 0 Å². The maximum Gasteiger partial charge on any atom is 0.326 e. The lowest BCUT2D eigenvalue weighted by atomic mass is 9.99. The molecule has 21 heteroatoms. The molecule has 0 spiro atoms. The number of carboxylic acid groups (broad SMARTS) is 1. The summed E-state index contributed by atoms with van der Waals surface area (Å²) in [7, 11) is 0. The third-order valence-corrected chi connectivity index (χ3v) is 13.1. The molecule has 70 heavy (non-hydrogen) atoms. The third kappa shape index (κ3) is 18.4. The van der Waals surface area contributed by atoms with Crippen LogP contribution >= 0.6 is 0 Å². The van der Waals surface area contributed by atoms with Crippen molar-refractivity contribution in [1.82, 2.24) is 52.3 Å². The van der Waals surface area contributed by atoms with Crippen molar-refractivity contribution in [2.24, 2.45) is 29.6 Å². The Hall–Kier alpha value is -5.34. The summed E-state index contributed by atoms with van der Waals surface area (Å²) in [5.41, 5.74) is 0. The van der Waals surface area contributed by atoms with E-state index >= 15 is 0 Å². The Labute approximate surface area is 414 Å². The quantitative estimate of drug-likeness (QED) is 0.0550. The van der Waals surface area contributed by atoms with Gasteiger partial charge >= 0.3 is 5.97 Å². The molecule has 3 aliphatic rings. The van der Waals surface area contributed by atoms with Gasteiger partial charge in [0.1, 0.15) is 42.3 Å². The van der Waals surface area contributed by atoms with Crippen molar-refractivity contribution >= 4 is 59.1 Å². The van der Waals surface area contributed by atoms with E-state index in [9.17, 15) is 53.1 Å². The first-order chi connectivity index (χ1) is 32.9. The van der Waals surface area contributed by atoms with Crippen LogP contribution in [0.3, 0.4) is 0 Å². The highest BCUT2D eigenvalue weighted by Crippen LogP contribution is 2.26. The molecule has 9 N–H and O–H groups in total. The number of hydrogen-bond donors (Lipinski definition) is 9. The number of carboxylic acids is 1. The SMILES string of the molecule is CC[C@H](C)[C@H](NC(=O)CNC(=O)[C@H](CC(C)C)NC(=O)[C@H](CC(C)C)NC(=O)[C@@H]1CCCN1C(=O)[C@@H]1CCCN1C(=O)CNC(=O)[C@H](CC(C)C)NC(=O)[C@H](CC(C)C)NC(=O)[C@@H]1CCCN1)C(=O)O. The summed E-state index contributed by atoms with van der Waals surface area (Å²) in [6.45, 7) is 18.9. The molecule has 3 heterocycles. The van der Waals surface area contributed by atoms with Crippen LogP contribution in [0.2, 0.25) is 0 Å². The topological polar surface area (TPSA) is 294 Å². The van der Waals surface area contributed by atoms with Crippen molar-refractivity contribution in [3.05, 3.63) is 0 Å². The number of aliphatic carboxylic acids is 1. The summed E-state index contributed by atoms with van der Waals surface area (Å²) >= 11 is 0. The van der Waals surface area contributed by atoms with Crippen LogP contribution in [0.1, 0.15) is 140 Å². The number of likely N-dealkylation sites (tertiary alicyclic amines) is 2. The van der Waals surface area contributed by atoms with E-state index in [1.165, 1.54) is 9.80 Å². The lowest BCUT2D eigenvalue weighted by Crippen LogP contribution is -2.58. The minimum atomic E-state index is -1.19. The zero-order valence-electron chi connectivity index (χ0n) is 43.2. The zero-order chi connectivity index (χ0) is 52.4. The third-order valence-electron chi connectivity index (χ3n) is 13.1. The van der Waals surface area contributed by atoms with Crippen molar-refractivity contribution in [2.75, 3.05) is 32.7 Å². The number of nitrogens with zero attached hydrogens (tertiary/aromatic N) is 2. The largest absolute Gasteiger partial charge is 0.480 e. The molecule has 3 saturated heterocycles. The molecular weight excluding hydrogens is 905 g/mol. The van der Waals surface area contributed by atoms with Gasteiger partial charge in [-0.15, -0.1) is 0 Å². The fraction of sp³-hybridized carbons (Fsp3) is 0.796. The summed E-state index contributed by atoms with van der Waals surface area (Å²) in [6, 6.07) is -7.39. The second-order valence-corrected chi connectivity index (χ2v) is 21.1. The van der Waals surface area contributed by atoms with Crippen LogP contribution in [-0.4, -0.2) is 155 Å². The average molecular weight is 989 g/mol. The maximum absolute atomic E-state index is 14.2. The second kappa shape index (κ2) is 28.5. The number of hydrogen-bond acceptors (Lipinski definition) is 11. The first-order valence-electron chi connectivity index (χ1n) is 25.6. The molecule has 0 unspecified atom stereocenters. The Morgan fingerprint density at radius 1 is 0.543 bits per heavy atom. The van der Waals surface area contributed by atoms with Crippen LogP contribution in [0.5, 0.6) is 0 Å². The molecule has 0 aromatic rings. The highest BCUT2D eigenvalue weighted by Gasteiger charge is 2.43. The molecule has 0 radical (unpaired) electrons. The average Bonchev–Trinajstić information content (AvgIpc) is 4.10. The fourth-order valence-corrected chi connectivity index (χ4v) is 9.21. The summed E-state index contributed by atoms with van der Waals surface area (Å²) in [5, 5.41) is 31.5. The predicted molar refractivity (Wildman–Crippen MR) is 261 cm³/mol. The highest BCUT2D eigenvalue weighted by atomic mass is 16.4. The van der Waals surface area contributed by atoms with Gasteiger partial charge in [-0.1, -0.05) is 75.7 Å². The molecule has 396 valence electrons. The summed E-state index contributed by atoms with van der Waals surface area (Å²) in [4.78, 5) is 137. The van der Waals surface area contributed by atoms with Crippen LogP contribution in [0, 0.1) is 29.6 Å². The second-order valence-electron chi connectivity index (χ2n) is 21.1. The van der Waals surface area contributed by atoms with Gasteiger partial charge in [0.05, 0.1) is 19.1 Å². The Kier molecular flexibility index (Phi) is 24.0. The first kappa shape index (κ1) is 59.0. The van der Waals surface area contributed by atoms with E-state index < -0.39 is 109 Å². The van der Waals surface area contributed by atoms with Gasteiger partial charge in [-0.2, -0.15) is 0 Å². The minimum absolute atomic E-state index is 0.00900. The summed E-state index contributed by atoms with van der Waals surface area (Å²) < 4.78 is 0. The minimum Gasteiger partial charge on any atom is -0.480 e. The molecule has 3 rings (SSSR count). The van der Waals surface area contributed by atoms with Gasteiger partial charge in [-0.3, -0.25) is 43.2 Å². The zero-order valence-corrected chi connectivity index (χ0v) is 43.2. The number of carbonyl (C=O) groups is 10. The number of nitrogens with one attached hydrogen (secondary N) is 8. The van der Waals surface area contributed by atoms with E-state index in [2.05, 4.69) is 42.5 Å². The van der Waals surface area contributed by atoms with E-state index in [4.69, 9.17) is 0 Å². The van der Waals surface area contributed by atoms with Crippen LogP contribution in [0.25, 0.3) is 0 Å². The van der Waals surface area contributed by atoms with Crippen LogP contribution in [-0.2, 0) is 47.9 Å². The van der Waals surface area contributed by atoms with Gasteiger partial charge in [0.15, 0.2) is 0 Å². The molecule has 9 atom stereocenters. The molecule has 21 nitrogen and oxygen atoms in total. The van der Waals surface area contributed by atoms with Crippen molar-refractivity contribution in [1.29, 1.82) is 0 Å². The Morgan fingerprint density at radius 2 is 1.00 bits per heavy atom. The molecule has 0 aromatic heterocycles. The lowest BCUT2D eigenvalue weighted by molar-refractivity contribution is -0.147. The predicted octanol–water partition coefficient (Wildman–Crippen LogP) is 0.692. The molecule has 0 aromatic carbocycles. The lowest BCUT2D eigenvalue weighted by Gasteiger charge is -2.32. The van der Waals surface area contributed by atoms with Gasteiger partial charge < -0.3 is 57.4 Å². The monoisotopic (exact) mass is 989 g/mol. The van der Waals surface area contributed by atoms with Crippen molar-refractivity contribution < 1.29 is 53.1 Å². The smallest absolute Gasteiger partial charge is 0.326 e. The van der Waals surface area contributed by atoms with E-state index in [1.807, 2.05) is 55.4 Å². The Bertz CT molecular complexity index is 1840. The normalized spacial score (nSPS) is 20.6. The summed E-state index contributed by atoms with van der Waals surface area (Å²) in [6.07, 6.45) is 4.73. The van der Waals surface area contributed by atoms with Crippen molar-refractivity contribution in [2.45, 2.75) is 188 Å².